The van der Waals surface area contributed by atoms with Crippen molar-refractivity contribution >= 4 is 6.29 Å². The summed E-state index contributed by atoms with van der Waals surface area (Å²) in [6, 6.07) is 0. The topological polar surface area (TPSA) is 20.3 Å². The minimum absolute atomic E-state index is 0.261. The Morgan fingerprint density at radius 2 is 2.00 bits per heavy atom. The Hall–Kier alpha value is -0.440. The van der Waals surface area contributed by atoms with E-state index < -0.39 is 0 Å². The third-order valence-electron chi connectivity index (χ3n) is 2.14. The molecule has 1 fully saturated rings. The monoisotopic (exact) mass is 145 g/mol. The summed E-state index contributed by atoms with van der Waals surface area (Å²) < 4.78 is 12.4. The van der Waals surface area contributed by atoms with Gasteiger partial charge in [-0.15, -0.1) is 9.60 Å². The van der Waals surface area contributed by atoms with Gasteiger partial charge in [-0.05, 0) is 12.8 Å². The summed E-state index contributed by atoms with van der Waals surface area (Å²) in [5, 5.41) is 0.769. The van der Waals surface area contributed by atoms with Gasteiger partial charge >= 0.3 is 0 Å². The van der Waals surface area contributed by atoms with Crippen LogP contribution in [0.5, 0.6) is 0 Å². The predicted octanol–water partition coefficient (Wildman–Crippen LogP) is 1.17. The maximum Gasteiger partial charge on any atom is 0.125 e. The summed E-state index contributed by atoms with van der Waals surface area (Å²) in [6.07, 6.45) is 2.24. The van der Waals surface area contributed by atoms with E-state index in [0.29, 0.717) is 25.9 Å². The zero-order valence-electron chi connectivity index (χ0n) is 6.14. The third-order valence-corrected chi connectivity index (χ3v) is 2.14. The van der Waals surface area contributed by atoms with Crippen LogP contribution in [0, 0.1) is 5.41 Å². The first-order chi connectivity index (χ1) is 4.66. The summed E-state index contributed by atoms with van der Waals surface area (Å²) in [4.78, 5) is 10.4. The van der Waals surface area contributed by atoms with E-state index in [2.05, 4.69) is 0 Å². The highest BCUT2D eigenvalue weighted by Crippen LogP contribution is 2.27. The molecule has 0 unspecified atom stereocenters. The molecule has 1 aliphatic heterocycles. The largest absolute Gasteiger partial charge is 0.303 e. The van der Waals surface area contributed by atoms with E-state index in [9.17, 15) is 9.28 Å². The Bertz CT molecular complexity index is 130. The Balaban J connectivity index is 2.46. The molecule has 0 bridgehead atoms. The molecule has 0 spiro atoms. The van der Waals surface area contributed by atoms with Crippen LogP contribution >= 0.6 is 0 Å². The lowest BCUT2D eigenvalue weighted by molar-refractivity contribution is -0.120. The van der Waals surface area contributed by atoms with Gasteiger partial charge in [0.1, 0.15) is 6.29 Å². The number of hydrogen-bond acceptors (Lipinski definition) is 2. The van der Waals surface area contributed by atoms with Crippen molar-refractivity contribution in [3.8, 4) is 0 Å². The normalized spacial score (nSPS) is 26.2. The number of nitrogens with zero attached hydrogens (tertiary/aromatic N) is 1. The van der Waals surface area contributed by atoms with E-state index in [0.717, 1.165) is 11.4 Å². The van der Waals surface area contributed by atoms with Crippen molar-refractivity contribution in [2.24, 2.45) is 5.41 Å². The number of carbonyl (C=O) groups excluding carboxylic acids is 1. The molecule has 1 aliphatic rings. The number of rotatable bonds is 1. The summed E-state index contributed by atoms with van der Waals surface area (Å²) in [5.41, 5.74) is -0.261. The van der Waals surface area contributed by atoms with Gasteiger partial charge in [0.2, 0.25) is 0 Å². The highest BCUT2D eigenvalue weighted by atomic mass is 19.2. The molecule has 0 aromatic carbocycles. The zero-order valence-corrected chi connectivity index (χ0v) is 6.14. The lowest BCUT2D eigenvalue weighted by atomic mass is 9.83. The van der Waals surface area contributed by atoms with Crippen LogP contribution in [0.2, 0.25) is 0 Å². The van der Waals surface area contributed by atoms with E-state index in [-0.39, 0.29) is 5.41 Å². The number of hydrogen-bond donors (Lipinski definition) is 0. The Labute approximate surface area is 59.9 Å². The second-order valence-corrected chi connectivity index (χ2v) is 3.18. The second kappa shape index (κ2) is 2.66. The molecule has 2 nitrogen and oxygen atoms in total. The molecule has 0 aliphatic carbocycles. The first kappa shape index (κ1) is 7.66. The summed E-state index contributed by atoms with van der Waals surface area (Å²) in [6.45, 7) is 2.68. The van der Waals surface area contributed by atoms with Gasteiger partial charge < -0.3 is 4.79 Å². The molecule has 1 saturated heterocycles. The van der Waals surface area contributed by atoms with Gasteiger partial charge in [0, 0.05) is 18.5 Å². The maximum atomic E-state index is 12.4. The maximum absolute atomic E-state index is 12.4. The summed E-state index contributed by atoms with van der Waals surface area (Å²) in [7, 11) is 0. The summed E-state index contributed by atoms with van der Waals surface area (Å²) in [5.74, 6) is 0. The Kier molecular flexibility index (Phi) is 2.04. The van der Waals surface area contributed by atoms with E-state index in [1.54, 1.807) is 0 Å². The minimum Gasteiger partial charge on any atom is -0.303 e. The van der Waals surface area contributed by atoms with Gasteiger partial charge in [-0.1, -0.05) is 6.92 Å². The van der Waals surface area contributed by atoms with Crippen LogP contribution in [0.1, 0.15) is 19.8 Å². The second-order valence-electron chi connectivity index (χ2n) is 3.18. The molecular formula is C7H12FNO. The van der Waals surface area contributed by atoms with E-state index >= 15 is 0 Å². The molecule has 1 heterocycles. The van der Waals surface area contributed by atoms with Gasteiger partial charge in [-0.2, -0.15) is 0 Å². The van der Waals surface area contributed by atoms with Crippen LogP contribution in [-0.2, 0) is 4.79 Å². The Morgan fingerprint density at radius 1 is 1.50 bits per heavy atom. The first-order valence-corrected chi connectivity index (χ1v) is 3.53. The lowest BCUT2D eigenvalue weighted by Crippen LogP contribution is -2.34. The molecule has 10 heavy (non-hydrogen) atoms. The smallest absolute Gasteiger partial charge is 0.125 e. The van der Waals surface area contributed by atoms with Crippen molar-refractivity contribution < 1.29 is 9.28 Å². The number of piperidine rings is 1. The fourth-order valence-corrected chi connectivity index (χ4v) is 1.11. The van der Waals surface area contributed by atoms with Crippen molar-refractivity contribution in [1.29, 1.82) is 0 Å². The number of aldehydes is 1. The quantitative estimate of drug-likeness (QED) is 0.408. The van der Waals surface area contributed by atoms with Gasteiger partial charge in [-0.25, -0.2) is 0 Å². The number of carbonyl (C=O) groups is 1. The van der Waals surface area contributed by atoms with Crippen molar-refractivity contribution in [3.63, 3.8) is 0 Å². The van der Waals surface area contributed by atoms with Gasteiger partial charge in [0.15, 0.2) is 0 Å². The molecular weight excluding hydrogens is 133 g/mol. The molecule has 0 aromatic rings. The fourth-order valence-electron chi connectivity index (χ4n) is 1.11. The van der Waals surface area contributed by atoms with Crippen LogP contribution in [0.25, 0.3) is 0 Å². The molecule has 0 atom stereocenters. The standard InChI is InChI=1S/C7H12FNO/c1-7(6-10)2-4-9(8)5-3-7/h6H,2-5H2,1H3. The number of halogens is 1. The Morgan fingerprint density at radius 3 is 2.40 bits per heavy atom. The summed E-state index contributed by atoms with van der Waals surface area (Å²) >= 11 is 0. The van der Waals surface area contributed by atoms with Crippen LogP contribution in [0.4, 0.5) is 4.48 Å². The molecule has 0 amide bonds. The highest BCUT2D eigenvalue weighted by molar-refractivity contribution is 5.58. The van der Waals surface area contributed by atoms with E-state index in [1.807, 2.05) is 6.92 Å². The van der Waals surface area contributed by atoms with Crippen molar-refractivity contribution in [3.05, 3.63) is 0 Å². The fraction of sp³-hybridized carbons (Fsp3) is 0.857. The molecule has 0 N–H and O–H groups in total. The van der Waals surface area contributed by atoms with Crippen molar-refractivity contribution in [2.75, 3.05) is 13.1 Å². The molecule has 0 saturated carbocycles. The van der Waals surface area contributed by atoms with Crippen molar-refractivity contribution in [2.45, 2.75) is 19.8 Å². The van der Waals surface area contributed by atoms with Gasteiger partial charge in [0.05, 0.1) is 0 Å². The molecule has 1 rings (SSSR count). The molecule has 58 valence electrons. The predicted molar refractivity (Wildman–Crippen MR) is 36.1 cm³/mol. The minimum atomic E-state index is -0.261. The van der Waals surface area contributed by atoms with Gasteiger partial charge in [-0.3, -0.25) is 0 Å². The highest BCUT2D eigenvalue weighted by Gasteiger charge is 2.29. The van der Waals surface area contributed by atoms with Crippen LogP contribution in [-0.4, -0.2) is 24.5 Å². The molecule has 0 aromatic heterocycles. The average Bonchev–Trinajstić information content (AvgIpc) is 1.96. The van der Waals surface area contributed by atoms with Crippen LogP contribution in [0.15, 0.2) is 0 Å². The van der Waals surface area contributed by atoms with Crippen LogP contribution in [0.3, 0.4) is 0 Å². The van der Waals surface area contributed by atoms with Crippen LogP contribution < -0.4 is 0 Å². The zero-order chi connectivity index (χ0) is 7.61. The SMILES string of the molecule is CC1(C=O)CCN(F)CC1. The molecule has 3 heteroatoms. The van der Waals surface area contributed by atoms with E-state index in [4.69, 9.17) is 0 Å². The molecule has 0 radical (unpaired) electrons. The first-order valence-electron chi connectivity index (χ1n) is 3.53. The van der Waals surface area contributed by atoms with E-state index in [1.165, 1.54) is 0 Å². The average molecular weight is 145 g/mol. The van der Waals surface area contributed by atoms with Crippen molar-refractivity contribution in [1.82, 2.24) is 5.12 Å². The lowest BCUT2D eigenvalue weighted by Gasteiger charge is -2.30. The third kappa shape index (κ3) is 1.53. The van der Waals surface area contributed by atoms with Gasteiger partial charge in [0.25, 0.3) is 0 Å².